The predicted octanol–water partition coefficient (Wildman–Crippen LogP) is 3.94. The smallest absolute Gasteiger partial charge is 0.118 e. The molecule has 0 saturated heterocycles. The second-order valence-corrected chi connectivity index (χ2v) is 6.10. The lowest BCUT2D eigenvalue weighted by atomic mass is 9.89. The van der Waals surface area contributed by atoms with Gasteiger partial charge in [0, 0.05) is 0 Å². The average molecular weight is 291 g/mol. The van der Waals surface area contributed by atoms with Crippen molar-refractivity contribution >= 4 is 0 Å². The first kappa shape index (κ1) is 16.3. The van der Waals surface area contributed by atoms with Crippen molar-refractivity contribution in [1.29, 1.82) is 0 Å². The maximum atomic E-state index is 6.16. The maximum Gasteiger partial charge on any atom is 0.118 e. The van der Waals surface area contributed by atoms with Gasteiger partial charge >= 0.3 is 0 Å². The van der Waals surface area contributed by atoms with Crippen LogP contribution < -0.4 is 10.1 Å². The van der Waals surface area contributed by atoms with E-state index in [9.17, 15) is 0 Å². The molecule has 1 aromatic rings. The zero-order valence-corrected chi connectivity index (χ0v) is 13.6. The third-order valence-electron chi connectivity index (χ3n) is 4.43. The van der Waals surface area contributed by atoms with Crippen LogP contribution in [0.15, 0.2) is 24.3 Å². The number of hydrogen-bond acceptors (Lipinski definition) is 3. The van der Waals surface area contributed by atoms with E-state index in [1.54, 1.807) is 7.11 Å². The van der Waals surface area contributed by atoms with Crippen LogP contribution in [-0.2, 0) is 4.74 Å². The summed E-state index contributed by atoms with van der Waals surface area (Å²) in [5.41, 5.74) is 1.27. The van der Waals surface area contributed by atoms with Gasteiger partial charge in [-0.3, -0.25) is 0 Å². The van der Waals surface area contributed by atoms with Crippen molar-refractivity contribution in [2.24, 2.45) is 5.92 Å². The predicted molar refractivity (Wildman–Crippen MR) is 86.8 cm³/mol. The summed E-state index contributed by atoms with van der Waals surface area (Å²) in [7, 11) is 1.70. The van der Waals surface area contributed by atoms with E-state index in [2.05, 4.69) is 31.3 Å². The van der Waals surface area contributed by atoms with Gasteiger partial charge in [0.25, 0.3) is 0 Å². The largest absolute Gasteiger partial charge is 0.497 e. The number of likely N-dealkylation sites (N-methyl/N-ethyl adjacent to an activating group) is 1. The molecule has 1 aliphatic rings. The molecule has 1 saturated carbocycles. The lowest BCUT2D eigenvalue weighted by Crippen LogP contribution is -2.29. The van der Waals surface area contributed by atoms with E-state index in [0.29, 0.717) is 6.10 Å². The van der Waals surface area contributed by atoms with Gasteiger partial charge in [-0.05, 0) is 55.8 Å². The van der Waals surface area contributed by atoms with Crippen molar-refractivity contribution in [3.8, 4) is 5.75 Å². The Kier molecular flexibility index (Phi) is 6.52. The summed E-state index contributed by atoms with van der Waals surface area (Å²) >= 11 is 0. The Balaban J connectivity index is 1.88. The van der Waals surface area contributed by atoms with E-state index in [1.165, 1.54) is 31.2 Å². The minimum Gasteiger partial charge on any atom is -0.497 e. The number of hydrogen-bond donors (Lipinski definition) is 1. The molecule has 0 heterocycles. The summed E-state index contributed by atoms with van der Waals surface area (Å²) in [4.78, 5) is 0. The number of nitrogens with one attached hydrogen (secondary N) is 1. The van der Waals surface area contributed by atoms with Crippen molar-refractivity contribution in [2.45, 2.75) is 51.7 Å². The molecule has 1 fully saturated rings. The number of benzene rings is 1. The molecule has 0 aromatic heterocycles. The van der Waals surface area contributed by atoms with E-state index in [1.807, 2.05) is 12.1 Å². The molecule has 3 nitrogen and oxygen atoms in total. The van der Waals surface area contributed by atoms with Gasteiger partial charge in [0.2, 0.25) is 0 Å². The van der Waals surface area contributed by atoms with Crippen LogP contribution in [0.5, 0.6) is 5.75 Å². The van der Waals surface area contributed by atoms with Gasteiger partial charge in [-0.2, -0.15) is 0 Å². The first-order valence-electron chi connectivity index (χ1n) is 8.21. The van der Waals surface area contributed by atoms with Crippen molar-refractivity contribution < 1.29 is 9.47 Å². The first-order chi connectivity index (χ1) is 10.2. The van der Waals surface area contributed by atoms with Gasteiger partial charge in [-0.25, -0.2) is 0 Å². The number of ether oxygens (including phenoxy) is 2. The van der Waals surface area contributed by atoms with Crippen LogP contribution in [0.3, 0.4) is 0 Å². The standard InChI is InChI=1S/C18H29NO2/c1-4-19-18(15-7-11-16(20-3)12-8-15)13-21-17-9-5-14(2)6-10-17/h7-8,11-12,14,17-19H,4-6,9-10,13H2,1-3H3. The van der Waals surface area contributed by atoms with E-state index < -0.39 is 0 Å². The Morgan fingerprint density at radius 3 is 2.38 bits per heavy atom. The van der Waals surface area contributed by atoms with Gasteiger partial charge < -0.3 is 14.8 Å². The Morgan fingerprint density at radius 1 is 1.14 bits per heavy atom. The second-order valence-electron chi connectivity index (χ2n) is 6.10. The molecule has 0 amide bonds. The molecular formula is C18H29NO2. The summed E-state index contributed by atoms with van der Waals surface area (Å²) in [5, 5.41) is 3.52. The average Bonchev–Trinajstić information content (AvgIpc) is 2.53. The summed E-state index contributed by atoms with van der Waals surface area (Å²) in [6.45, 7) is 6.18. The summed E-state index contributed by atoms with van der Waals surface area (Å²) < 4.78 is 11.4. The molecule has 2 rings (SSSR count). The maximum absolute atomic E-state index is 6.16. The van der Waals surface area contributed by atoms with Gasteiger partial charge in [0.05, 0.1) is 25.9 Å². The van der Waals surface area contributed by atoms with Crippen LogP contribution in [-0.4, -0.2) is 26.4 Å². The minimum atomic E-state index is 0.264. The molecule has 1 aliphatic carbocycles. The highest BCUT2D eigenvalue weighted by atomic mass is 16.5. The van der Waals surface area contributed by atoms with Crippen LogP contribution in [0.25, 0.3) is 0 Å². The minimum absolute atomic E-state index is 0.264. The Bertz CT molecular complexity index is 396. The third kappa shape index (κ3) is 5.01. The Hall–Kier alpha value is -1.06. The SMILES string of the molecule is CCNC(COC1CCC(C)CC1)c1ccc(OC)cc1. The van der Waals surface area contributed by atoms with E-state index in [0.717, 1.165) is 24.8 Å². The fraction of sp³-hybridized carbons (Fsp3) is 0.667. The molecule has 1 unspecified atom stereocenters. The van der Waals surface area contributed by atoms with Gasteiger partial charge in [0.1, 0.15) is 5.75 Å². The second kappa shape index (κ2) is 8.40. The molecule has 21 heavy (non-hydrogen) atoms. The topological polar surface area (TPSA) is 30.5 Å². The van der Waals surface area contributed by atoms with Crippen LogP contribution in [0.4, 0.5) is 0 Å². The van der Waals surface area contributed by atoms with Gasteiger partial charge in [-0.1, -0.05) is 26.0 Å². The summed E-state index contributed by atoms with van der Waals surface area (Å²) in [5.74, 6) is 1.77. The Morgan fingerprint density at radius 2 is 1.81 bits per heavy atom. The molecule has 118 valence electrons. The van der Waals surface area contributed by atoms with Crippen molar-refractivity contribution in [1.82, 2.24) is 5.32 Å². The molecule has 0 radical (unpaired) electrons. The highest BCUT2D eigenvalue weighted by molar-refractivity contribution is 5.29. The van der Waals surface area contributed by atoms with Crippen LogP contribution in [0, 0.1) is 5.92 Å². The van der Waals surface area contributed by atoms with E-state index in [4.69, 9.17) is 9.47 Å². The number of rotatable bonds is 7. The lowest BCUT2D eigenvalue weighted by Gasteiger charge is -2.28. The van der Waals surface area contributed by atoms with Crippen molar-refractivity contribution in [2.75, 3.05) is 20.3 Å². The fourth-order valence-corrected chi connectivity index (χ4v) is 2.98. The zero-order chi connectivity index (χ0) is 15.1. The highest BCUT2D eigenvalue weighted by Crippen LogP contribution is 2.27. The van der Waals surface area contributed by atoms with Gasteiger partial charge in [0.15, 0.2) is 0 Å². The summed E-state index contributed by atoms with van der Waals surface area (Å²) in [6.07, 6.45) is 5.48. The summed E-state index contributed by atoms with van der Waals surface area (Å²) in [6, 6.07) is 8.54. The van der Waals surface area contributed by atoms with Crippen LogP contribution >= 0.6 is 0 Å². The monoisotopic (exact) mass is 291 g/mol. The molecule has 1 aromatic carbocycles. The van der Waals surface area contributed by atoms with E-state index in [-0.39, 0.29) is 6.04 Å². The molecular weight excluding hydrogens is 262 g/mol. The van der Waals surface area contributed by atoms with Gasteiger partial charge in [-0.15, -0.1) is 0 Å². The fourth-order valence-electron chi connectivity index (χ4n) is 2.98. The molecule has 1 atom stereocenters. The molecule has 0 spiro atoms. The van der Waals surface area contributed by atoms with Crippen LogP contribution in [0.2, 0.25) is 0 Å². The number of methoxy groups -OCH3 is 1. The highest BCUT2D eigenvalue weighted by Gasteiger charge is 2.20. The van der Waals surface area contributed by atoms with Crippen LogP contribution in [0.1, 0.15) is 51.1 Å². The molecule has 1 N–H and O–H groups in total. The van der Waals surface area contributed by atoms with E-state index >= 15 is 0 Å². The van der Waals surface area contributed by atoms with Crippen molar-refractivity contribution in [3.63, 3.8) is 0 Å². The Labute approximate surface area is 129 Å². The lowest BCUT2D eigenvalue weighted by molar-refractivity contribution is 0.00808. The first-order valence-corrected chi connectivity index (χ1v) is 8.21. The zero-order valence-electron chi connectivity index (χ0n) is 13.6. The molecule has 0 aliphatic heterocycles. The molecule has 3 heteroatoms. The van der Waals surface area contributed by atoms with Crippen molar-refractivity contribution in [3.05, 3.63) is 29.8 Å². The third-order valence-corrected chi connectivity index (χ3v) is 4.43. The molecule has 0 bridgehead atoms. The normalized spacial score (nSPS) is 23.8. The quantitative estimate of drug-likeness (QED) is 0.825.